The van der Waals surface area contributed by atoms with Crippen LogP contribution in [0.4, 0.5) is 0 Å². The van der Waals surface area contributed by atoms with Crippen LogP contribution in [-0.4, -0.2) is 116 Å². The van der Waals surface area contributed by atoms with Gasteiger partial charge in [0.1, 0.15) is 6.02 Å². The lowest BCUT2D eigenvalue weighted by atomic mass is 9.89. The van der Waals surface area contributed by atoms with Crippen LogP contribution >= 0.6 is 0 Å². The third-order valence-electron chi connectivity index (χ3n) is 10.2. The maximum absolute atomic E-state index is 14.7. The summed E-state index contributed by atoms with van der Waals surface area (Å²) in [5, 5.41) is 18.5. The predicted molar refractivity (Wildman–Crippen MR) is 200 cm³/mol. The molecule has 0 aliphatic carbocycles. The zero-order valence-corrected chi connectivity index (χ0v) is 32.0. The number of likely N-dealkylation sites (N-methyl/N-ethyl adjacent to an activating group) is 2. The smallest absolute Gasteiger partial charge is 0.245 e. The molecular formula is C39H67N5O7. The molecule has 1 saturated heterocycles. The van der Waals surface area contributed by atoms with E-state index in [2.05, 4.69) is 16.0 Å². The fraction of sp³-hybridized carbons (Fsp3) is 0.744. The number of nitrogens with one attached hydrogen (secondary N) is 3. The number of carbonyl (C=O) groups is 4. The number of amides is 4. The number of hydrogen-bond acceptors (Lipinski definition) is 8. The molecule has 1 aliphatic rings. The lowest BCUT2D eigenvalue weighted by molar-refractivity contribution is -0.148. The number of benzene rings is 1. The van der Waals surface area contributed by atoms with Crippen molar-refractivity contribution in [3.63, 3.8) is 0 Å². The highest BCUT2D eigenvalue weighted by atomic mass is 16.5. The van der Waals surface area contributed by atoms with E-state index in [1.165, 1.54) is 28.3 Å². The van der Waals surface area contributed by atoms with Gasteiger partial charge < -0.3 is 40.3 Å². The van der Waals surface area contributed by atoms with Crippen molar-refractivity contribution in [3.05, 3.63) is 35.9 Å². The average molecular weight is 726 g/mol. The van der Waals surface area contributed by atoms with Crippen LogP contribution in [0.2, 0.25) is 0 Å². The van der Waals surface area contributed by atoms with Crippen LogP contribution < -0.4 is 16.0 Å². The Morgan fingerprint density at radius 3 is 2.22 bits per heavy atom. The third kappa shape index (κ3) is 11.5. The van der Waals surface area contributed by atoms with Gasteiger partial charge in [0.15, 0.2) is 0 Å². The zero-order chi connectivity index (χ0) is 45.4. The van der Waals surface area contributed by atoms with Gasteiger partial charge in [-0.1, -0.05) is 85.1 Å². The maximum atomic E-state index is 14.7. The van der Waals surface area contributed by atoms with Gasteiger partial charge in [0.05, 0.1) is 56.2 Å². The summed E-state index contributed by atoms with van der Waals surface area (Å²) in [6.07, 6.45) is -1.65. The highest BCUT2D eigenvalue weighted by molar-refractivity contribution is 5.90. The van der Waals surface area contributed by atoms with E-state index in [0.29, 0.717) is 31.4 Å². The van der Waals surface area contributed by atoms with Gasteiger partial charge in [-0.15, -0.1) is 0 Å². The highest BCUT2D eigenvalue weighted by Gasteiger charge is 2.43. The Balaban J connectivity index is 2.51. The Bertz CT molecular complexity index is 1540. The van der Waals surface area contributed by atoms with Crippen LogP contribution in [0.1, 0.15) is 104 Å². The van der Waals surface area contributed by atoms with Gasteiger partial charge in [-0.3, -0.25) is 19.2 Å². The molecule has 1 fully saturated rings. The van der Waals surface area contributed by atoms with Crippen molar-refractivity contribution in [2.75, 3.05) is 34.9 Å². The quantitative estimate of drug-likeness (QED) is 0.160. The second-order valence-corrected chi connectivity index (χ2v) is 14.0. The Morgan fingerprint density at radius 2 is 1.69 bits per heavy atom. The first kappa shape index (κ1) is 32.6. The largest absolute Gasteiger partial charge is 0.386 e. The molecule has 10 atom stereocenters. The topological polar surface area (TPSA) is 150 Å². The second-order valence-electron chi connectivity index (χ2n) is 14.0. The number of nitrogens with zero attached hydrogens (tertiary/aromatic N) is 2. The van der Waals surface area contributed by atoms with E-state index < -0.39 is 104 Å². The standard InChI is InChI=1S/C39H67N5O7/c1-13-25(6)34(43(10)39(49)33(24(4)5)42-38(48)32(40-9)23(2)3)30(50-11)22-31(45)44-21-17-20-29(44)36(51-12)26(7)37(47)41-27(8)35(46)28-18-15-14-16-19-28/h14-16,18-19,23-27,29-30,32-36,40,46H,13,17,20-22H2,1-12H3,(H,41,47)(H,42,48)/t25?,26?,27?,29?,30?,32?,33-,34?,35?,36?/m0/s1/i4D3,5D3,24D,33D. The van der Waals surface area contributed by atoms with Crippen molar-refractivity contribution in [2.24, 2.45) is 23.6 Å². The summed E-state index contributed by atoms with van der Waals surface area (Å²) in [6, 6.07) is 1.96. The van der Waals surface area contributed by atoms with Crippen LogP contribution in [0.15, 0.2) is 30.3 Å². The number of methoxy groups -OCH3 is 2. The molecule has 0 radical (unpaired) electrons. The van der Waals surface area contributed by atoms with Crippen LogP contribution in [-0.2, 0) is 28.7 Å². The number of likely N-dealkylation sites (tertiary alicyclic amines) is 1. The van der Waals surface area contributed by atoms with E-state index in [9.17, 15) is 25.7 Å². The summed E-state index contributed by atoms with van der Waals surface area (Å²) in [7, 11) is 5.40. The molecule has 12 nitrogen and oxygen atoms in total. The first-order valence-corrected chi connectivity index (χ1v) is 17.9. The SMILES string of the molecule is [2H]C([2H])([2H])C([2H])(C([2H])([2H])[2H])[C@]([2H])(NC(=O)C(NC)C(C)C)C(=O)N(C)C(C(C)CC)C(CC(=O)N1CCCC1C(OC)C(C)C(=O)NC(C)C(O)c1ccccc1)OC. The van der Waals surface area contributed by atoms with Gasteiger partial charge in [-0.05, 0) is 50.1 Å². The first-order chi connectivity index (χ1) is 27.2. The zero-order valence-electron chi connectivity index (χ0n) is 40.0. The van der Waals surface area contributed by atoms with Gasteiger partial charge in [0.2, 0.25) is 23.6 Å². The summed E-state index contributed by atoms with van der Waals surface area (Å²) < 4.78 is 79.1. The lowest BCUT2D eigenvalue weighted by Crippen LogP contribution is -2.59. The predicted octanol–water partition coefficient (Wildman–Crippen LogP) is 3.53. The van der Waals surface area contributed by atoms with Crippen LogP contribution in [0.5, 0.6) is 0 Å². The fourth-order valence-corrected chi connectivity index (χ4v) is 7.04. The minimum Gasteiger partial charge on any atom is -0.386 e. The monoisotopic (exact) mass is 726 g/mol. The molecule has 2 rings (SSSR count). The Labute approximate surface area is 318 Å². The van der Waals surface area contributed by atoms with Crippen molar-refractivity contribution < 1.29 is 44.7 Å². The summed E-state index contributed by atoms with van der Waals surface area (Å²) in [5.41, 5.74) is 0.639. The van der Waals surface area contributed by atoms with Gasteiger partial charge in [0.25, 0.3) is 0 Å². The first-order valence-electron chi connectivity index (χ1n) is 21.9. The third-order valence-corrected chi connectivity index (χ3v) is 10.2. The van der Waals surface area contributed by atoms with Crippen LogP contribution in [0, 0.1) is 23.6 Å². The van der Waals surface area contributed by atoms with Crippen molar-refractivity contribution in [3.8, 4) is 0 Å². The van der Waals surface area contributed by atoms with E-state index in [4.69, 9.17) is 19.1 Å². The summed E-state index contributed by atoms with van der Waals surface area (Å²) in [4.78, 5) is 58.7. The minimum absolute atomic E-state index is 0.322. The van der Waals surface area contributed by atoms with Crippen molar-refractivity contribution in [1.82, 2.24) is 25.8 Å². The maximum Gasteiger partial charge on any atom is 0.245 e. The Morgan fingerprint density at radius 1 is 1.04 bits per heavy atom. The molecule has 4 N–H and O–H groups in total. The van der Waals surface area contributed by atoms with E-state index in [0.717, 1.165) is 4.90 Å². The van der Waals surface area contributed by atoms with Gasteiger partial charge >= 0.3 is 0 Å². The molecule has 4 amide bonds. The Kier molecular flexibility index (Phi) is 13.3. The highest BCUT2D eigenvalue weighted by Crippen LogP contribution is 2.30. The van der Waals surface area contributed by atoms with E-state index in [1.807, 2.05) is 6.07 Å². The molecule has 51 heavy (non-hydrogen) atoms. The van der Waals surface area contributed by atoms with E-state index >= 15 is 0 Å². The molecule has 1 aromatic carbocycles. The molecule has 0 saturated carbocycles. The van der Waals surface area contributed by atoms with Gasteiger partial charge in [0, 0.05) is 37.4 Å². The molecule has 290 valence electrons. The molecular weight excluding hydrogens is 650 g/mol. The second kappa shape index (κ2) is 20.8. The molecule has 9 unspecified atom stereocenters. The average Bonchev–Trinajstić information content (AvgIpc) is 3.65. The molecule has 1 aromatic rings. The molecule has 1 heterocycles. The summed E-state index contributed by atoms with van der Waals surface area (Å²) in [5.74, 6) is -8.90. The molecule has 0 bridgehead atoms. The molecule has 1 aliphatic heterocycles. The van der Waals surface area contributed by atoms with Crippen molar-refractivity contribution in [1.29, 1.82) is 0 Å². The van der Waals surface area contributed by atoms with Gasteiger partial charge in [-0.2, -0.15) is 0 Å². The fourth-order valence-electron chi connectivity index (χ4n) is 7.04. The summed E-state index contributed by atoms with van der Waals surface area (Å²) >= 11 is 0. The Hall–Kier alpha value is -3.06. The van der Waals surface area contributed by atoms with Crippen LogP contribution in [0.3, 0.4) is 0 Å². The molecule has 0 spiro atoms. The lowest BCUT2D eigenvalue weighted by Gasteiger charge is -2.41. The number of hydrogen-bond donors (Lipinski definition) is 4. The number of carbonyl (C=O) groups excluding carboxylic acids is 4. The number of ether oxygens (including phenoxy) is 2. The minimum atomic E-state index is -3.86. The van der Waals surface area contributed by atoms with Crippen molar-refractivity contribution in [2.45, 2.75) is 129 Å². The normalized spacial score (nSPS) is 23.8. The number of aliphatic hydroxyl groups is 1. The molecule has 0 aromatic heterocycles. The molecule has 12 heteroatoms. The van der Waals surface area contributed by atoms with Gasteiger partial charge in [-0.25, -0.2) is 0 Å². The van der Waals surface area contributed by atoms with E-state index in [1.54, 1.807) is 70.7 Å². The summed E-state index contributed by atoms with van der Waals surface area (Å²) in [6.45, 7) is 2.96. The van der Waals surface area contributed by atoms with Crippen LogP contribution in [0.25, 0.3) is 0 Å². The van der Waals surface area contributed by atoms with Crippen molar-refractivity contribution >= 4 is 23.6 Å². The van der Waals surface area contributed by atoms with E-state index in [-0.39, 0.29) is 12.3 Å². The number of rotatable bonds is 20. The number of aliphatic hydroxyl groups excluding tert-OH is 1.